The van der Waals surface area contributed by atoms with Gasteiger partial charge in [0.25, 0.3) is 0 Å². The second-order valence-corrected chi connectivity index (χ2v) is 7.30. The number of hydrogen-bond donors (Lipinski definition) is 0. The van der Waals surface area contributed by atoms with E-state index in [4.69, 9.17) is 9.47 Å². The van der Waals surface area contributed by atoms with Crippen LogP contribution in [0.5, 0.6) is 11.5 Å². The molecular formula is C16H23N3O4S. The average Bonchev–Trinajstić information content (AvgIpc) is 2.94. The van der Waals surface area contributed by atoms with Crippen LogP contribution >= 0.6 is 0 Å². The highest BCUT2D eigenvalue weighted by Crippen LogP contribution is 2.31. The fourth-order valence-corrected chi connectivity index (χ4v) is 3.44. The van der Waals surface area contributed by atoms with Crippen molar-refractivity contribution in [3.05, 3.63) is 36.2 Å². The van der Waals surface area contributed by atoms with Gasteiger partial charge in [-0.2, -0.15) is 9.40 Å². The first kappa shape index (κ1) is 18.3. The van der Waals surface area contributed by atoms with E-state index in [0.717, 1.165) is 5.56 Å². The first-order valence-electron chi connectivity index (χ1n) is 7.72. The van der Waals surface area contributed by atoms with Gasteiger partial charge in [0.1, 0.15) is 0 Å². The molecule has 1 aromatic carbocycles. The topological polar surface area (TPSA) is 73.7 Å². The Balaban J connectivity index is 2.28. The van der Waals surface area contributed by atoms with Crippen LogP contribution in [0.25, 0.3) is 0 Å². The number of sulfonamides is 1. The lowest BCUT2D eigenvalue weighted by Gasteiger charge is -2.18. The van der Waals surface area contributed by atoms with Crippen molar-refractivity contribution in [1.82, 2.24) is 14.1 Å². The zero-order valence-corrected chi connectivity index (χ0v) is 15.2. The fraction of sp³-hybridized carbons (Fsp3) is 0.438. The van der Waals surface area contributed by atoms with Gasteiger partial charge < -0.3 is 9.47 Å². The predicted molar refractivity (Wildman–Crippen MR) is 90.6 cm³/mol. The van der Waals surface area contributed by atoms with Crippen LogP contribution in [0, 0.1) is 0 Å². The maximum absolute atomic E-state index is 12.8. The second-order valence-electron chi connectivity index (χ2n) is 5.26. The molecule has 1 heterocycles. The lowest BCUT2D eigenvalue weighted by molar-refractivity contribution is 0.287. The normalized spacial score (nSPS) is 11.7. The van der Waals surface area contributed by atoms with Crippen molar-refractivity contribution in [3.8, 4) is 11.5 Å². The maximum atomic E-state index is 12.8. The van der Waals surface area contributed by atoms with E-state index in [2.05, 4.69) is 5.10 Å². The molecular weight excluding hydrogens is 330 g/mol. The summed E-state index contributed by atoms with van der Waals surface area (Å²) in [6, 6.07) is 4.66. The zero-order valence-electron chi connectivity index (χ0n) is 14.4. The van der Waals surface area contributed by atoms with Crippen LogP contribution in [0.1, 0.15) is 19.4 Å². The van der Waals surface area contributed by atoms with Gasteiger partial charge in [0.2, 0.25) is 10.0 Å². The van der Waals surface area contributed by atoms with Crippen molar-refractivity contribution in [3.63, 3.8) is 0 Å². The molecule has 2 rings (SSSR count). The molecule has 0 unspecified atom stereocenters. The average molecular weight is 353 g/mol. The molecule has 2 aromatic rings. The molecule has 0 spiro atoms. The Labute approximate surface area is 142 Å². The molecule has 0 bridgehead atoms. The van der Waals surface area contributed by atoms with Crippen molar-refractivity contribution < 1.29 is 17.9 Å². The Morgan fingerprint density at radius 2 is 1.83 bits per heavy atom. The van der Waals surface area contributed by atoms with Crippen molar-refractivity contribution in [1.29, 1.82) is 0 Å². The van der Waals surface area contributed by atoms with Crippen LogP contribution in [0.2, 0.25) is 0 Å². The van der Waals surface area contributed by atoms with Crippen molar-refractivity contribution in [2.75, 3.05) is 20.3 Å². The van der Waals surface area contributed by atoms with Gasteiger partial charge in [0.05, 0.1) is 24.3 Å². The standard InChI is InChI=1S/C16H23N3O4S/c1-5-22-15-8-7-14(9-16(15)23-6-2)24(20,21)19(4)12-13-10-17-18(3)11-13/h7-11H,5-6,12H2,1-4H3. The molecule has 0 aliphatic heterocycles. The van der Waals surface area contributed by atoms with Crippen molar-refractivity contribution in [2.24, 2.45) is 7.05 Å². The van der Waals surface area contributed by atoms with Crippen LogP contribution in [0.3, 0.4) is 0 Å². The number of benzene rings is 1. The Kier molecular flexibility index (Phi) is 5.84. The van der Waals surface area contributed by atoms with Crippen LogP contribution in [0.4, 0.5) is 0 Å². The molecule has 0 radical (unpaired) electrons. The third-order valence-corrected chi connectivity index (χ3v) is 5.19. The van der Waals surface area contributed by atoms with Gasteiger partial charge in [-0.15, -0.1) is 0 Å². The molecule has 0 N–H and O–H groups in total. The van der Waals surface area contributed by atoms with E-state index in [9.17, 15) is 8.42 Å². The van der Waals surface area contributed by atoms with Gasteiger partial charge in [-0.25, -0.2) is 8.42 Å². The monoisotopic (exact) mass is 353 g/mol. The quantitative estimate of drug-likeness (QED) is 0.726. The number of aromatic nitrogens is 2. The van der Waals surface area contributed by atoms with Crippen LogP contribution in [-0.2, 0) is 23.6 Å². The van der Waals surface area contributed by atoms with Gasteiger partial charge >= 0.3 is 0 Å². The van der Waals surface area contributed by atoms with E-state index >= 15 is 0 Å². The van der Waals surface area contributed by atoms with E-state index in [1.165, 1.54) is 16.4 Å². The number of aryl methyl sites for hydroxylation is 1. The Hall–Kier alpha value is -2.06. The zero-order chi connectivity index (χ0) is 17.7. The van der Waals surface area contributed by atoms with Crippen LogP contribution in [-0.4, -0.2) is 42.8 Å². The molecule has 0 saturated carbocycles. The minimum absolute atomic E-state index is 0.167. The summed E-state index contributed by atoms with van der Waals surface area (Å²) in [6.45, 7) is 4.85. The summed E-state index contributed by atoms with van der Waals surface area (Å²) in [7, 11) is -0.308. The fourth-order valence-electron chi connectivity index (χ4n) is 2.27. The van der Waals surface area contributed by atoms with E-state index in [0.29, 0.717) is 24.7 Å². The Morgan fingerprint density at radius 3 is 2.42 bits per heavy atom. The minimum atomic E-state index is -3.64. The number of hydrogen-bond acceptors (Lipinski definition) is 5. The maximum Gasteiger partial charge on any atom is 0.243 e. The summed E-state index contributed by atoms with van der Waals surface area (Å²) in [5.74, 6) is 0.961. The van der Waals surface area contributed by atoms with Crippen LogP contribution < -0.4 is 9.47 Å². The largest absolute Gasteiger partial charge is 0.490 e. The summed E-state index contributed by atoms with van der Waals surface area (Å²) < 4.78 is 39.4. The van der Waals surface area contributed by atoms with Gasteiger partial charge in [-0.05, 0) is 26.0 Å². The molecule has 24 heavy (non-hydrogen) atoms. The summed E-state index contributed by atoms with van der Waals surface area (Å²) in [6.07, 6.45) is 3.44. The highest BCUT2D eigenvalue weighted by molar-refractivity contribution is 7.89. The summed E-state index contributed by atoms with van der Waals surface area (Å²) in [4.78, 5) is 0.167. The van der Waals surface area contributed by atoms with E-state index in [1.807, 2.05) is 13.8 Å². The molecule has 0 aliphatic carbocycles. The number of ether oxygens (including phenoxy) is 2. The molecule has 8 heteroatoms. The summed E-state index contributed by atoms with van der Waals surface area (Å²) >= 11 is 0. The van der Waals surface area contributed by atoms with Gasteiger partial charge in [0, 0.05) is 38.5 Å². The molecule has 0 saturated heterocycles. The lowest BCUT2D eigenvalue weighted by Crippen LogP contribution is -2.26. The molecule has 0 amide bonds. The van der Waals surface area contributed by atoms with Crippen molar-refractivity contribution >= 4 is 10.0 Å². The lowest BCUT2D eigenvalue weighted by atomic mass is 10.3. The smallest absolute Gasteiger partial charge is 0.243 e. The Bertz CT molecular complexity index is 786. The van der Waals surface area contributed by atoms with E-state index in [1.54, 1.807) is 37.2 Å². The van der Waals surface area contributed by atoms with E-state index in [-0.39, 0.29) is 11.4 Å². The van der Waals surface area contributed by atoms with E-state index < -0.39 is 10.0 Å². The third-order valence-electron chi connectivity index (χ3n) is 3.39. The first-order valence-corrected chi connectivity index (χ1v) is 9.16. The SMILES string of the molecule is CCOc1ccc(S(=O)(=O)N(C)Cc2cnn(C)c2)cc1OCC. The van der Waals surface area contributed by atoms with Gasteiger partial charge in [-0.1, -0.05) is 0 Å². The molecule has 1 aromatic heterocycles. The molecule has 0 aliphatic rings. The number of rotatable bonds is 8. The first-order chi connectivity index (χ1) is 11.4. The molecule has 0 fully saturated rings. The summed E-state index contributed by atoms with van der Waals surface area (Å²) in [5, 5.41) is 4.05. The Morgan fingerprint density at radius 1 is 1.17 bits per heavy atom. The van der Waals surface area contributed by atoms with Gasteiger partial charge in [0.15, 0.2) is 11.5 Å². The van der Waals surface area contributed by atoms with Gasteiger partial charge in [-0.3, -0.25) is 4.68 Å². The predicted octanol–water partition coefficient (Wildman–Crippen LogP) is 2.04. The third kappa shape index (κ3) is 4.07. The number of nitrogens with zero attached hydrogens (tertiary/aromatic N) is 3. The van der Waals surface area contributed by atoms with Crippen LogP contribution in [0.15, 0.2) is 35.5 Å². The minimum Gasteiger partial charge on any atom is -0.490 e. The van der Waals surface area contributed by atoms with Crippen molar-refractivity contribution in [2.45, 2.75) is 25.3 Å². The molecule has 132 valence electrons. The molecule has 7 nitrogen and oxygen atoms in total. The second kappa shape index (κ2) is 7.67. The molecule has 0 atom stereocenters. The highest BCUT2D eigenvalue weighted by atomic mass is 32.2. The highest BCUT2D eigenvalue weighted by Gasteiger charge is 2.23. The summed E-state index contributed by atoms with van der Waals surface area (Å²) in [5.41, 5.74) is 0.819.